The zero-order chi connectivity index (χ0) is 21.5. The first-order chi connectivity index (χ1) is 14.5. The van der Waals surface area contributed by atoms with Gasteiger partial charge in [-0.15, -0.1) is 18.2 Å². The van der Waals surface area contributed by atoms with Crippen LogP contribution < -0.4 is 14.3 Å². The number of aromatic nitrogens is 1. The molecule has 7 heteroatoms. The van der Waals surface area contributed by atoms with E-state index in [1.807, 2.05) is 16.7 Å². The molecule has 0 aliphatic heterocycles. The maximum Gasteiger partial charge on any atom is 0.248 e. The van der Waals surface area contributed by atoms with E-state index in [-0.39, 0.29) is 5.91 Å². The predicted molar refractivity (Wildman–Crippen MR) is 123 cm³/mol. The Morgan fingerprint density at radius 2 is 1.90 bits per heavy atom. The third kappa shape index (κ3) is 5.26. The molecule has 30 heavy (non-hydrogen) atoms. The van der Waals surface area contributed by atoms with Crippen molar-refractivity contribution in [1.82, 2.24) is 4.57 Å². The number of carbonyl (C=O) groups excluding carboxylic acids is 1. The average molecular weight is 441 g/mol. The maximum atomic E-state index is 12.5. The van der Waals surface area contributed by atoms with Crippen LogP contribution >= 0.6 is 23.1 Å². The molecular weight excluding hydrogens is 416 g/mol. The third-order valence-corrected chi connectivity index (χ3v) is 6.62. The second-order valence-electron chi connectivity index (χ2n) is 6.62. The highest BCUT2D eigenvalue weighted by Gasteiger charge is 2.13. The van der Waals surface area contributed by atoms with Gasteiger partial charge in [0.2, 0.25) is 5.91 Å². The molecule has 1 amide bonds. The molecule has 5 nitrogen and oxygen atoms in total. The van der Waals surface area contributed by atoms with Gasteiger partial charge in [0, 0.05) is 23.4 Å². The van der Waals surface area contributed by atoms with Gasteiger partial charge in [-0.2, -0.15) is 4.99 Å². The SMILES string of the molecule is C#CCn1c(=NC(=O)CCCSc2ccc(C)cc2)sc2cc(OC)c(OC)cc21. The summed E-state index contributed by atoms with van der Waals surface area (Å²) < 4.78 is 13.6. The van der Waals surface area contributed by atoms with Gasteiger partial charge < -0.3 is 14.0 Å². The first kappa shape index (κ1) is 22.0. The highest BCUT2D eigenvalue weighted by molar-refractivity contribution is 7.99. The van der Waals surface area contributed by atoms with Gasteiger partial charge in [0.15, 0.2) is 16.3 Å². The molecule has 1 heterocycles. The van der Waals surface area contributed by atoms with E-state index in [9.17, 15) is 4.79 Å². The number of benzene rings is 2. The molecule has 0 bridgehead atoms. The predicted octanol–water partition coefficient (Wildman–Crippen LogP) is 4.66. The number of ether oxygens (including phenoxy) is 2. The van der Waals surface area contributed by atoms with Crippen LogP contribution in [0.2, 0.25) is 0 Å². The fraction of sp³-hybridized carbons (Fsp3) is 0.304. The zero-order valence-corrected chi connectivity index (χ0v) is 18.9. The number of terminal acetylenes is 1. The summed E-state index contributed by atoms with van der Waals surface area (Å²) in [4.78, 5) is 18.6. The molecule has 0 radical (unpaired) electrons. The number of hydrogen-bond acceptors (Lipinski definition) is 5. The topological polar surface area (TPSA) is 52.8 Å². The van der Waals surface area contributed by atoms with Crippen molar-refractivity contribution >= 4 is 39.2 Å². The average Bonchev–Trinajstić information content (AvgIpc) is 3.07. The van der Waals surface area contributed by atoms with Crippen LogP contribution in [0.15, 0.2) is 46.3 Å². The Morgan fingerprint density at radius 3 is 2.57 bits per heavy atom. The number of hydrogen-bond donors (Lipinski definition) is 0. The Kier molecular flexibility index (Phi) is 7.61. The fourth-order valence-electron chi connectivity index (χ4n) is 2.94. The molecule has 3 rings (SSSR count). The van der Waals surface area contributed by atoms with Crippen LogP contribution in [-0.4, -0.2) is 30.4 Å². The first-order valence-corrected chi connectivity index (χ1v) is 11.3. The number of fused-ring (bicyclic) bond motifs is 1. The van der Waals surface area contributed by atoms with Gasteiger partial charge >= 0.3 is 0 Å². The van der Waals surface area contributed by atoms with Gasteiger partial charge in [-0.3, -0.25) is 4.79 Å². The fourth-order valence-corrected chi connectivity index (χ4v) is 4.85. The normalized spacial score (nSPS) is 11.5. The second-order valence-corrected chi connectivity index (χ2v) is 8.80. The van der Waals surface area contributed by atoms with Crippen LogP contribution in [0.25, 0.3) is 10.2 Å². The quantitative estimate of drug-likeness (QED) is 0.290. The largest absolute Gasteiger partial charge is 0.493 e. The molecule has 0 fully saturated rings. The van der Waals surface area contributed by atoms with Crippen molar-refractivity contribution in [3.8, 4) is 23.8 Å². The van der Waals surface area contributed by atoms with Crippen LogP contribution in [0.5, 0.6) is 11.5 Å². The van der Waals surface area contributed by atoms with Gasteiger partial charge in [0.1, 0.15) is 0 Å². The first-order valence-electron chi connectivity index (χ1n) is 9.51. The number of nitrogens with zero attached hydrogens (tertiary/aromatic N) is 2. The third-order valence-electron chi connectivity index (χ3n) is 4.48. The van der Waals surface area contributed by atoms with E-state index in [1.54, 1.807) is 26.0 Å². The summed E-state index contributed by atoms with van der Waals surface area (Å²) in [7, 11) is 3.18. The summed E-state index contributed by atoms with van der Waals surface area (Å²) in [6.45, 7) is 2.39. The van der Waals surface area contributed by atoms with Crippen molar-refractivity contribution in [2.45, 2.75) is 31.2 Å². The highest BCUT2D eigenvalue weighted by atomic mass is 32.2. The number of thiazole rings is 1. The molecule has 0 saturated heterocycles. The molecule has 1 aromatic heterocycles. The molecule has 2 aromatic carbocycles. The van der Waals surface area contributed by atoms with Gasteiger partial charge in [-0.25, -0.2) is 0 Å². The van der Waals surface area contributed by atoms with E-state index < -0.39 is 0 Å². The summed E-state index contributed by atoms with van der Waals surface area (Å²) in [6.07, 6.45) is 6.71. The van der Waals surface area contributed by atoms with Crippen LogP contribution in [-0.2, 0) is 11.3 Å². The molecule has 3 aromatic rings. The van der Waals surface area contributed by atoms with Crippen LogP contribution in [0.3, 0.4) is 0 Å². The number of rotatable bonds is 8. The Bertz CT molecular complexity index is 1140. The van der Waals surface area contributed by atoms with Gasteiger partial charge in [0.25, 0.3) is 0 Å². The summed E-state index contributed by atoms with van der Waals surface area (Å²) in [5, 5.41) is 0. The van der Waals surface area contributed by atoms with Crippen molar-refractivity contribution in [2.24, 2.45) is 4.99 Å². The van der Waals surface area contributed by atoms with E-state index in [0.29, 0.717) is 29.3 Å². The summed E-state index contributed by atoms with van der Waals surface area (Å²) in [5.41, 5.74) is 2.12. The number of methoxy groups -OCH3 is 2. The standard InChI is InChI=1S/C23H24N2O3S2/c1-5-12-25-18-14-19(27-3)20(28-4)15-21(18)30-23(25)24-22(26)7-6-13-29-17-10-8-16(2)9-11-17/h1,8-11,14-15H,6-7,12-13H2,2-4H3. The molecule has 0 atom stereocenters. The lowest BCUT2D eigenvalue weighted by Gasteiger charge is -2.08. The summed E-state index contributed by atoms with van der Waals surface area (Å²) in [5.74, 6) is 4.61. The zero-order valence-electron chi connectivity index (χ0n) is 17.3. The van der Waals surface area contributed by atoms with Crippen molar-refractivity contribution in [1.29, 1.82) is 0 Å². The van der Waals surface area contributed by atoms with E-state index in [4.69, 9.17) is 15.9 Å². The lowest BCUT2D eigenvalue weighted by Crippen LogP contribution is -2.16. The number of thioether (sulfide) groups is 1. The van der Waals surface area contributed by atoms with E-state index >= 15 is 0 Å². The minimum atomic E-state index is -0.143. The van der Waals surface area contributed by atoms with Crippen LogP contribution in [0.4, 0.5) is 0 Å². The van der Waals surface area contributed by atoms with Gasteiger partial charge in [-0.05, 0) is 31.2 Å². The van der Waals surface area contributed by atoms with Gasteiger partial charge in [0.05, 0.1) is 31.0 Å². The molecule has 156 valence electrons. The Morgan fingerprint density at radius 1 is 1.20 bits per heavy atom. The number of amides is 1. The lowest BCUT2D eigenvalue weighted by molar-refractivity contribution is -0.118. The van der Waals surface area contributed by atoms with E-state index in [0.717, 1.165) is 22.4 Å². The van der Waals surface area contributed by atoms with E-state index in [1.165, 1.54) is 21.8 Å². The van der Waals surface area contributed by atoms with Crippen LogP contribution in [0.1, 0.15) is 18.4 Å². The van der Waals surface area contributed by atoms with Crippen molar-refractivity contribution in [3.63, 3.8) is 0 Å². The lowest BCUT2D eigenvalue weighted by atomic mass is 10.2. The Balaban J connectivity index is 1.75. The monoisotopic (exact) mass is 440 g/mol. The van der Waals surface area contributed by atoms with Gasteiger partial charge in [-0.1, -0.05) is 35.0 Å². The second kappa shape index (κ2) is 10.4. The van der Waals surface area contributed by atoms with Crippen LogP contribution in [0, 0.1) is 19.3 Å². The molecule has 0 aliphatic carbocycles. The number of carbonyl (C=O) groups is 1. The maximum absolute atomic E-state index is 12.5. The van der Waals surface area contributed by atoms with Crippen molar-refractivity contribution in [2.75, 3.05) is 20.0 Å². The Labute approximate surface area is 184 Å². The molecule has 0 unspecified atom stereocenters. The molecular formula is C23H24N2O3S2. The molecule has 0 saturated carbocycles. The Hall–Kier alpha value is -2.69. The molecule has 0 N–H and O–H groups in total. The van der Waals surface area contributed by atoms with Crippen molar-refractivity contribution < 1.29 is 14.3 Å². The molecule has 0 spiro atoms. The summed E-state index contributed by atoms with van der Waals surface area (Å²) >= 11 is 3.17. The minimum absolute atomic E-state index is 0.143. The highest BCUT2D eigenvalue weighted by Crippen LogP contribution is 2.33. The van der Waals surface area contributed by atoms with E-state index in [2.05, 4.69) is 42.1 Å². The summed E-state index contributed by atoms with van der Waals surface area (Å²) in [6, 6.07) is 12.2. The smallest absolute Gasteiger partial charge is 0.248 e. The number of aryl methyl sites for hydroxylation is 1. The van der Waals surface area contributed by atoms with Crippen molar-refractivity contribution in [3.05, 3.63) is 46.8 Å². The minimum Gasteiger partial charge on any atom is -0.493 e. The molecule has 0 aliphatic rings.